The molecule has 0 saturated heterocycles. The molecule has 0 spiro atoms. The van der Waals surface area contributed by atoms with E-state index in [0.29, 0.717) is 16.6 Å². The van der Waals surface area contributed by atoms with E-state index in [4.69, 9.17) is 11.6 Å². The summed E-state index contributed by atoms with van der Waals surface area (Å²) in [6.45, 7) is 1.62. The van der Waals surface area contributed by atoms with E-state index in [9.17, 15) is 27.6 Å². The molecule has 10 nitrogen and oxygen atoms in total. The van der Waals surface area contributed by atoms with Gasteiger partial charge >= 0.3 is 6.18 Å². The molecule has 1 aliphatic rings. The van der Waals surface area contributed by atoms with Crippen molar-refractivity contribution in [1.82, 2.24) is 25.3 Å². The van der Waals surface area contributed by atoms with Gasteiger partial charge in [-0.15, -0.1) is 11.3 Å². The van der Waals surface area contributed by atoms with Gasteiger partial charge in [-0.2, -0.15) is 13.2 Å². The first-order chi connectivity index (χ1) is 16.0. The molecule has 15 heteroatoms. The third-order valence-electron chi connectivity index (χ3n) is 4.62. The van der Waals surface area contributed by atoms with Gasteiger partial charge in [-0.3, -0.25) is 14.4 Å². The van der Waals surface area contributed by atoms with Gasteiger partial charge in [0.05, 0.1) is 29.2 Å². The number of aromatic nitrogens is 4. The number of carbonyl (C=O) groups is 3. The van der Waals surface area contributed by atoms with Crippen molar-refractivity contribution in [3.63, 3.8) is 0 Å². The number of anilines is 2. The maximum absolute atomic E-state index is 13.0. The molecular weight excluding hydrogens is 499 g/mol. The molecule has 0 saturated carbocycles. The number of alkyl halides is 3. The summed E-state index contributed by atoms with van der Waals surface area (Å²) in [6.07, 6.45) is -1.56. The average molecular weight is 512 g/mol. The summed E-state index contributed by atoms with van der Waals surface area (Å²) in [4.78, 5) is 52.4. The second-order valence-corrected chi connectivity index (χ2v) is 8.50. The summed E-state index contributed by atoms with van der Waals surface area (Å²) in [5, 5.41) is 7.25. The van der Waals surface area contributed by atoms with Gasteiger partial charge in [0.1, 0.15) is 33.5 Å². The van der Waals surface area contributed by atoms with Crippen LogP contribution in [0.15, 0.2) is 24.8 Å². The van der Waals surface area contributed by atoms with Gasteiger partial charge in [0.2, 0.25) is 5.91 Å². The number of nitrogens with one attached hydrogen (secondary N) is 3. The van der Waals surface area contributed by atoms with Gasteiger partial charge in [0.25, 0.3) is 11.8 Å². The van der Waals surface area contributed by atoms with Gasteiger partial charge in [0.15, 0.2) is 0 Å². The van der Waals surface area contributed by atoms with Crippen LogP contribution in [0.2, 0.25) is 5.02 Å². The molecule has 176 valence electrons. The molecule has 1 aliphatic heterocycles. The SMILES string of the molecule is C[C@@H](NC(=O)c1ncnc2c1CC(=O)N2)c1ncc(C(=O)Nc2cc(C(F)(F)F)c(Cl)cn2)s1. The topological polar surface area (TPSA) is 139 Å². The van der Waals surface area contributed by atoms with Crippen LogP contribution in [-0.4, -0.2) is 37.7 Å². The minimum atomic E-state index is -4.71. The zero-order valence-corrected chi connectivity index (χ0v) is 18.6. The van der Waals surface area contributed by atoms with Crippen LogP contribution >= 0.6 is 22.9 Å². The molecule has 0 bridgehead atoms. The lowest BCUT2D eigenvalue weighted by molar-refractivity contribution is -0.137. The van der Waals surface area contributed by atoms with E-state index in [-0.39, 0.29) is 34.5 Å². The van der Waals surface area contributed by atoms with E-state index in [2.05, 4.69) is 35.9 Å². The Hall–Kier alpha value is -3.65. The molecule has 4 rings (SSSR count). The van der Waals surface area contributed by atoms with Crippen molar-refractivity contribution in [3.05, 3.63) is 56.5 Å². The zero-order chi connectivity index (χ0) is 24.6. The van der Waals surface area contributed by atoms with Gasteiger partial charge in [-0.05, 0) is 13.0 Å². The predicted molar refractivity (Wildman–Crippen MR) is 115 cm³/mol. The second-order valence-electron chi connectivity index (χ2n) is 7.03. The molecule has 3 amide bonds. The number of amides is 3. The van der Waals surface area contributed by atoms with Crippen LogP contribution < -0.4 is 16.0 Å². The lowest BCUT2D eigenvalue weighted by atomic mass is 10.1. The minimum Gasteiger partial charge on any atom is -0.342 e. The van der Waals surface area contributed by atoms with Gasteiger partial charge in [-0.25, -0.2) is 19.9 Å². The first-order valence-corrected chi connectivity index (χ1v) is 10.7. The van der Waals surface area contributed by atoms with Crippen molar-refractivity contribution in [2.75, 3.05) is 10.6 Å². The average Bonchev–Trinajstić information content (AvgIpc) is 3.40. The Balaban J connectivity index is 1.44. The smallest absolute Gasteiger partial charge is 0.342 e. The summed E-state index contributed by atoms with van der Waals surface area (Å²) in [5.74, 6) is -1.66. The summed E-state index contributed by atoms with van der Waals surface area (Å²) in [6, 6.07) is -0.00893. The van der Waals surface area contributed by atoms with E-state index < -0.39 is 34.6 Å². The molecular formula is C19H13ClF3N7O3S. The van der Waals surface area contributed by atoms with Gasteiger partial charge in [0, 0.05) is 11.8 Å². The Morgan fingerprint density at radius 1 is 1.18 bits per heavy atom. The number of thiazole rings is 1. The highest BCUT2D eigenvalue weighted by atomic mass is 35.5. The quantitative estimate of drug-likeness (QED) is 0.478. The third kappa shape index (κ3) is 4.82. The fourth-order valence-electron chi connectivity index (χ4n) is 3.04. The molecule has 1 atom stereocenters. The third-order valence-corrected chi connectivity index (χ3v) is 6.10. The van der Waals surface area contributed by atoms with Crippen LogP contribution in [0.1, 0.15) is 49.3 Å². The molecule has 0 fully saturated rings. The van der Waals surface area contributed by atoms with Gasteiger partial charge < -0.3 is 16.0 Å². The monoisotopic (exact) mass is 511 g/mol. The van der Waals surface area contributed by atoms with E-state index in [1.165, 1.54) is 6.20 Å². The lowest BCUT2D eigenvalue weighted by Gasteiger charge is -2.12. The van der Waals surface area contributed by atoms with E-state index in [1.807, 2.05) is 0 Å². The number of hydrogen-bond acceptors (Lipinski definition) is 8. The van der Waals surface area contributed by atoms with Crippen LogP contribution in [-0.2, 0) is 17.4 Å². The molecule has 0 radical (unpaired) electrons. The van der Waals surface area contributed by atoms with Crippen LogP contribution in [0, 0.1) is 0 Å². The number of nitrogens with zero attached hydrogens (tertiary/aromatic N) is 4. The van der Waals surface area contributed by atoms with Crippen LogP contribution in [0.5, 0.6) is 0 Å². The summed E-state index contributed by atoms with van der Waals surface area (Å²) in [5.41, 5.74) is -0.710. The lowest BCUT2D eigenvalue weighted by Crippen LogP contribution is -2.28. The first-order valence-electron chi connectivity index (χ1n) is 9.47. The Morgan fingerprint density at radius 2 is 1.94 bits per heavy atom. The highest BCUT2D eigenvalue weighted by molar-refractivity contribution is 7.13. The van der Waals surface area contributed by atoms with Crippen molar-refractivity contribution in [1.29, 1.82) is 0 Å². The van der Waals surface area contributed by atoms with Crippen molar-refractivity contribution in [2.24, 2.45) is 0 Å². The Kier molecular flexibility index (Phi) is 6.18. The minimum absolute atomic E-state index is 0.0241. The number of rotatable bonds is 5. The standard InChI is InChI=1S/C19H13ClF3N7O3S/c1-7(28-17(33)14-8-2-13(31)30-15(8)27-6-26-14)18-25-5-11(34-18)16(32)29-12-3-9(19(21,22)23)10(20)4-24-12/h3-7H,2H2,1H3,(H,28,33)(H,24,29,32)(H,26,27,30,31)/t7-/m1/s1. The highest BCUT2D eigenvalue weighted by Gasteiger charge is 2.34. The molecule has 34 heavy (non-hydrogen) atoms. The molecule has 0 aliphatic carbocycles. The van der Waals surface area contributed by atoms with E-state index in [1.54, 1.807) is 6.92 Å². The van der Waals surface area contributed by atoms with Crippen LogP contribution in [0.25, 0.3) is 0 Å². The first kappa shape index (κ1) is 23.5. The maximum atomic E-state index is 13.0. The number of fused-ring (bicyclic) bond motifs is 1. The molecule has 4 heterocycles. The molecule has 3 aromatic heterocycles. The molecule has 0 aromatic carbocycles. The maximum Gasteiger partial charge on any atom is 0.418 e. The van der Waals surface area contributed by atoms with Crippen LogP contribution in [0.4, 0.5) is 24.8 Å². The van der Waals surface area contributed by atoms with Gasteiger partial charge in [-0.1, -0.05) is 11.6 Å². The summed E-state index contributed by atoms with van der Waals surface area (Å²) >= 11 is 6.46. The largest absolute Gasteiger partial charge is 0.418 e. The van der Waals surface area contributed by atoms with E-state index in [0.717, 1.165) is 23.9 Å². The Labute approximate surface area is 198 Å². The number of hydrogen-bond donors (Lipinski definition) is 3. The second kappa shape index (κ2) is 8.95. The van der Waals surface area contributed by atoms with Crippen LogP contribution in [0.3, 0.4) is 0 Å². The fourth-order valence-corrected chi connectivity index (χ4v) is 4.07. The summed E-state index contributed by atoms with van der Waals surface area (Å²) < 4.78 is 39.0. The van der Waals surface area contributed by atoms with Crippen molar-refractivity contribution in [3.8, 4) is 0 Å². The van der Waals surface area contributed by atoms with E-state index >= 15 is 0 Å². The molecule has 3 aromatic rings. The normalized spacial score (nSPS) is 13.7. The number of halogens is 4. The Bertz CT molecular complexity index is 1310. The molecule has 3 N–H and O–H groups in total. The number of carbonyl (C=O) groups excluding carboxylic acids is 3. The zero-order valence-electron chi connectivity index (χ0n) is 17.0. The van der Waals surface area contributed by atoms with Crippen molar-refractivity contribution >= 4 is 52.3 Å². The fraction of sp³-hybridized carbons (Fsp3) is 0.211. The van der Waals surface area contributed by atoms with Crippen molar-refractivity contribution < 1.29 is 27.6 Å². The molecule has 0 unspecified atom stereocenters. The summed E-state index contributed by atoms with van der Waals surface area (Å²) in [7, 11) is 0. The highest BCUT2D eigenvalue weighted by Crippen LogP contribution is 2.35. The van der Waals surface area contributed by atoms with Crippen molar-refractivity contribution in [2.45, 2.75) is 25.6 Å². The Morgan fingerprint density at radius 3 is 2.68 bits per heavy atom. The number of pyridine rings is 1. The predicted octanol–water partition coefficient (Wildman–Crippen LogP) is 3.24.